The van der Waals surface area contributed by atoms with E-state index in [0.717, 1.165) is 5.56 Å². The van der Waals surface area contributed by atoms with Crippen molar-refractivity contribution < 1.29 is 9.90 Å². The number of rotatable bonds is 3. The van der Waals surface area contributed by atoms with Crippen LogP contribution in [0.4, 0.5) is 5.69 Å². The number of aryl methyl sites for hydroxylation is 1. The van der Waals surface area contributed by atoms with Crippen LogP contribution in [0.25, 0.3) is 0 Å². The molecule has 0 saturated carbocycles. The Morgan fingerprint density at radius 2 is 2.27 bits per heavy atom. The number of benzene rings is 1. The van der Waals surface area contributed by atoms with Crippen LogP contribution in [-0.2, 0) is 4.79 Å². The molecule has 0 spiro atoms. The molecule has 1 atom stereocenters. The van der Waals surface area contributed by atoms with Crippen molar-refractivity contribution in [2.75, 3.05) is 5.32 Å². The van der Waals surface area contributed by atoms with Gasteiger partial charge in [0.05, 0.1) is 6.04 Å². The number of amides is 1. The zero-order valence-electron chi connectivity index (χ0n) is 8.95. The third kappa shape index (κ3) is 2.95. The van der Waals surface area contributed by atoms with Gasteiger partial charge in [0, 0.05) is 5.69 Å². The summed E-state index contributed by atoms with van der Waals surface area (Å²) in [4.78, 5) is 11.5. The smallest absolute Gasteiger partial charge is 0.241 e. The first kappa shape index (κ1) is 11.5. The Labute approximate surface area is 89.1 Å². The Balaban J connectivity index is 2.77. The predicted molar refractivity (Wildman–Crippen MR) is 59.7 cm³/mol. The molecule has 0 bridgehead atoms. The Hall–Kier alpha value is -1.55. The van der Waals surface area contributed by atoms with E-state index in [2.05, 4.69) is 5.32 Å². The molecule has 4 N–H and O–H groups in total. The van der Waals surface area contributed by atoms with E-state index in [0.29, 0.717) is 12.1 Å². The first-order chi connectivity index (χ1) is 7.04. The van der Waals surface area contributed by atoms with Gasteiger partial charge in [-0.05, 0) is 37.1 Å². The van der Waals surface area contributed by atoms with Crippen LogP contribution >= 0.6 is 0 Å². The molecule has 0 aliphatic heterocycles. The van der Waals surface area contributed by atoms with Crippen molar-refractivity contribution in [3.05, 3.63) is 23.8 Å². The Bertz CT molecular complexity index is 364. The van der Waals surface area contributed by atoms with Gasteiger partial charge in [0.2, 0.25) is 5.91 Å². The first-order valence-corrected chi connectivity index (χ1v) is 4.90. The van der Waals surface area contributed by atoms with Gasteiger partial charge in [0.15, 0.2) is 0 Å². The third-order valence-electron chi connectivity index (χ3n) is 2.24. The molecule has 1 rings (SSSR count). The van der Waals surface area contributed by atoms with Crippen molar-refractivity contribution in [1.82, 2.24) is 0 Å². The SMILES string of the molecule is CC[C@H](N)C(=O)Nc1ccc(O)cc1C. The molecule has 0 fully saturated rings. The molecule has 4 heteroatoms. The molecule has 0 radical (unpaired) electrons. The summed E-state index contributed by atoms with van der Waals surface area (Å²) in [6, 6.07) is 4.29. The Morgan fingerprint density at radius 1 is 1.60 bits per heavy atom. The number of phenols is 1. The van der Waals surface area contributed by atoms with E-state index in [-0.39, 0.29) is 11.7 Å². The van der Waals surface area contributed by atoms with Crippen LogP contribution in [-0.4, -0.2) is 17.1 Å². The molecule has 0 aromatic heterocycles. The molecule has 15 heavy (non-hydrogen) atoms. The van der Waals surface area contributed by atoms with Crippen molar-refractivity contribution in [1.29, 1.82) is 0 Å². The fourth-order valence-corrected chi connectivity index (χ4v) is 1.20. The van der Waals surface area contributed by atoms with Crippen LogP contribution < -0.4 is 11.1 Å². The number of aromatic hydroxyl groups is 1. The van der Waals surface area contributed by atoms with Gasteiger partial charge in [-0.3, -0.25) is 4.79 Å². The second-order valence-electron chi connectivity index (χ2n) is 3.50. The van der Waals surface area contributed by atoms with Gasteiger partial charge in [-0.25, -0.2) is 0 Å². The number of carbonyl (C=O) groups is 1. The zero-order chi connectivity index (χ0) is 11.4. The minimum absolute atomic E-state index is 0.185. The molecular formula is C11H16N2O2. The minimum Gasteiger partial charge on any atom is -0.508 e. The van der Waals surface area contributed by atoms with Gasteiger partial charge in [0.25, 0.3) is 0 Å². The van der Waals surface area contributed by atoms with E-state index in [1.807, 2.05) is 13.8 Å². The number of hydrogen-bond donors (Lipinski definition) is 3. The highest BCUT2D eigenvalue weighted by atomic mass is 16.3. The van der Waals surface area contributed by atoms with Crippen LogP contribution in [0, 0.1) is 6.92 Å². The van der Waals surface area contributed by atoms with Crippen LogP contribution in [0.1, 0.15) is 18.9 Å². The number of nitrogens with one attached hydrogen (secondary N) is 1. The van der Waals surface area contributed by atoms with E-state index >= 15 is 0 Å². The van der Waals surface area contributed by atoms with Crippen molar-refractivity contribution in [3.8, 4) is 5.75 Å². The van der Waals surface area contributed by atoms with Crippen LogP contribution in [0.3, 0.4) is 0 Å². The first-order valence-electron chi connectivity index (χ1n) is 4.90. The summed E-state index contributed by atoms with van der Waals surface area (Å²) in [7, 11) is 0. The Kier molecular flexibility index (Phi) is 3.68. The van der Waals surface area contributed by atoms with Crippen molar-refractivity contribution in [2.45, 2.75) is 26.3 Å². The molecule has 4 nitrogen and oxygen atoms in total. The standard InChI is InChI=1S/C11H16N2O2/c1-3-9(12)11(15)13-10-5-4-8(14)6-7(10)2/h4-6,9,14H,3,12H2,1-2H3,(H,13,15)/t9-/m0/s1. The van der Waals surface area contributed by atoms with Crippen molar-refractivity contribution in [2.24, 2.45) is 5.73 Å². The lowest BCUT2D eigenvalue weighted by Crippen LogP contribution is -2.34. The second-order valence-corrected chi connectivity index (χ2v) is 3.50. The lowest BCUT2D eigenvalue weighted by Gasteiger charge is -2.12. The Morgan fingerprint density at radius 3 is 2.80 bits per heavy atom. The quantitative estimate of drug-likeness (QED) is 0.657. The maximum Gasteiger partial charge on any atom is 0.241 e. The van der Waals surface area contributed by atoms with Gasteiger partial charge in [-0.1, -0.05) is 6.92 Å². The topological polar surface area (TPSA) is 75.4 Å². The fourth-order valence-electron chi connectivity index (χ4n) is 1.20. The molecular weight excluding hydrogens is 192 g/mol. The highest BCUT2D eigenvalue weighted by Crippen LogP contribution is 2.20. The normalized spacial score (nSPS) is 12.2. The molecule has 1 amide bonds. The summed E-state index contributed by atoms with van der Waals surface area (Å²) in [5, 5.41) is 11.9. The van der Waals surface area contributed by atoms with Gasteiger partial charge >= 0.3 is 0 Å². The predicted octanol–water partition coefficient (Wildman–Crippen LogP) is 1.38. The molecule has 1 aromatic rings. The summed E-state index contributed by atoms with van der Waals surface area (Å²) in [5.41, 5.74) is 7.08. The lowest BCUT2D eigenvalue weighted by molar-refractivity contribution is -0.117. The summed E-state index contributed by atoms with van der Waals surface area (Å²) in [6.07, 6.45) is 0.600. The molecule has 0 heterocycles. The maximum atomic E-state index is 11.5. The molecule has 0 saturated heterocycles. The molecule has 0 aliphatic carbocycles. The lowest BCUT2D eigenvalue weighted by atomic mass is 10.1. The average molecular weight is 208 g/mol. The number of carbonyl (C=O) groups excluding carboxylic acids is 1. The van der Waals surface area contributed by atoms with Crippen LogP contribution in [0.2, 0.25) is 0 Å². The zero-order valence-corrected chi connectivity index (χ0v) is 8.95. The number of nitrogens with two attached hydrogens (primary N) is 1. The van der Waals surface area contributed by atoms with E-state index < -0.39 is 6.04 Å². The van der Waals surface area contributed by atoms with Gasteiger partial charge in [-0.2, -0.15) is 0 Å². The van der Waals surface area contributed by atoms with Gasteiger partial charge in [0.1, 0.15) is 5.75 Å². The summed E-state index contributed by atoms with van der Waals surface area (Å²) >= 11 is 0. The van der Waals surface area contributed by atoms with E-state index in [9.17, 15) is 9.90 Å². The van der Waals surface area contributed by atoms with Crippen molar-refractivity contribution >= 4 is 11.6 Å². The summed E-state index contributed by atoms with van der Waals surface area (Å²) in [5.74, 6) is -0.0171. The van der Waals surface area contributed by atoms with E-state index in [4.69, 9.17) is 5.73 Å². The van der Waals surface area contributed by atoms with Gasteiger partial charge < -0.3 is 16.2 Å². The minimum atomic E-state index is -0.488. The molecule has 1 aromatic carbocycles. The number of anilines is 1. The number of hydrogen-bond acceptors (Lipinski definition) is 3. The highest BCUT2D eigenvalue weighted by Gasteiger charge is 2.11. The average Bonchev–Trinajstić information content (AvgIpc) is 2.20. The largest absolute Gasteiger partial charge is 0.508 e. The third-order valence-corrected chi connectivity index (χ3v) is 2.24. The molecule has 82 valence electrons. The second kappa shape index (κ2) is 4.79. The molecule has 0 aliphatic rings. The van der Waals surface area contributed by atoms with Crippen LogP contribution in [0.15, 0.2) is 18.2 Å². The maximum absolute atomic E-state index is 11.5. The van der Waals surface area contributed by atoms with E-state index in [1.165, 1.54) is 6.07 Å². The van der Waals surface area contributed by atoms with E-state index in [1.54, 1.807) is 12.1 Å². The number of phenolic OH excluding ortho intramolecular Hbond substituents is 1. The monoisotopic (exact) mass is 208 g/mol. The molecule has 0 unspecified atom stereocenters. The summed E-state index contributed by atoms with van der Waals surface area (Å²) < 4.78 is 0. The summed E-state index contributed by atoms with van der Waals surface area (Å²) in [6.45, 7) is 3.67. The van der Waals surface area contributed by atoms with Gasteiger partial charge in [-0.15, -0.1) is 0 Å². The van der Waals surface area contributed by atoms with Crippen LogP contribution in [0.5, 0.6) is 5.75 Å². The highest BCUT2D eigenvalue weighted by molar-refractivity contribution is 5.95. The fraction of sp³-hybridized carbons (Fsp3) is 0.364. The van der Waals surface area contributed by atoms with Crippen molar-refractivity contribution in [3.63, 3.8) is 0 Å².